The standard InChI is InChI=1S/C25H30N2O2S/c1-24(2)12-19-13-25(3,15-24)16-27(19)22(28)21-11-18-8-9-30-23(18)26(21)14-17-6-5-7-20(10-17)29-4/h5-11,19H,12-16H2,1-4H3/t19-,25+/m1/s1. The van der Waals surface area contributed by atoms with E-state index in [4.69, 9.17) is 4.74 Å². The third-order valence-electron chi connectivity index (χ3n) is 6.87. The van der Waals surface area contributed by atoms with Crippen molar-refractivity contribution in [1.29, 1.82) is 0 Å². The van der Waals surface area contributed by atoms with Crippen LogP contribution in [0.15, 0.2) is 41.8 Å². The highest BCUT2D eigenvalue weighted by atomic mass is 32.1. The van der Waals surface area contributed by atoms with Gasteiger partial charge in [0.1, 0.15) is 16.3 Å². The predicted molar refractivity (Wildman–Crippen MR) is 122 cm³/mol. The second-order valence-corrected chi connectivity index (χ2v) is 11.2. The Labute approximate surface area is 182 Å². The van der Waals surface area contributed by atoms with Crippen molar-refractivity contribution in [2.75, 3.05) is 13.7 Å². The molecule has 1 amide bonds. The van der Waals surface area contributed by atoms with Gasteiger partial charge in [0.25, 0.3) is 5.91 Å². The van der Waals surface area contributed by atoms with Crippen LogP contribution in [0.25, 0.3) is 10.2 Å². The molecule has 1 saturated carbocycles. The number of likely N-dealkylation sites (tertiary alicyclic amines) is 1. The fraction of sp³-hybridized carbons (Fsp3) is 0.480. The van der Waals surface area contributed by atoms with Gasteiger partial charge < -0.3 is 14.2 Å². The van der Waals surface area contributed by atoms with Crippen molar-refractivity contribution in [2.45, 2.75) is 52.6 Å². The maximum atomic E-state index is 13.8. The second kappa shape index (κ2) is 6.88. The number of carbonyl (C=O) groups is 1. The Kier molecular flexibility index (Phi) is 4.51. The van der Waals surface area contributed by atoms with E-state index in [9.17, 15) is 4.79 Å². The highest BCUT2D eigenvalue weighted by Crippen LogP contribution is 2.52. The maximum absolute atomic E-state index is 13.8. The van der Waals surface area contributed by atoms with E-state index in [-0.39, 0.29) is 11.3 Å². The number of fused-ring (bicyclic) bond motifs is 3. The number of amides is 1. The molecule has 158 valence electrons. The normalized spacial score (nSPS) is 25.1. The summed E-state index contributed by atoms with van der Waals surface area (Å²) in [5.41, 5.74) is 2.50. The summed E-state index contributed by atoms with van der Waals surface area (Å²) in [5, 5.41) is 3.26. The number of hydrogen-bond acceptors (Lipinski definition) is 3. The fourth-order valence-corrected chi connectivity index (χ4v) is 7.00. The van der Waals surface area contributed by atoms with Crippen LogP contribution in [0.5, 0.6) is 5.75 Å². The highest BCUT2D eigenvalue weighted by molar-refractivity contribution is 7.16. The van der Waals surface area contributed by atoms with E-state index in [2.05, 4.69) is 59.9 Å². The first-order valence-corrected chi connectivity index (χ1v) is 11.7. The van der Waals surface area contributed by atoms with E-state index in [0.717, 1.165) is 46.6 Å². The van der Waals surface area contributed by atoms with Crippen molar-refractivity contribution >= 4 is 27.5 Å². The molecule has 0 spiro atoms. The monoisotopic (exact) mass is 422 g/mol. The fourth-order valence-electron chi connectivity index (χ4n) is 6.11. The maximum Gasteiger partial charge on any atom is 0.270 e. The molecule has 2 atom stereocenters. The molecule has 1 aliphatic heterocycles. The van der Waals surface area contributed by atoms with Crippen LogP contribution in [-0.2, 0) is 6.54 Å². The molecule has 2 fully saturated rings. The summed E-state index contributed by atoms with van der Waals surface area (Å²) >= 11 is 1.70. The van der Waals surface area contributed by atoms with Gasteiger partial charge in [-0.05, 0) is 65.3 Å². The first-order chi connectivity index (χ1) is 14.3. The molecular weight excluding hydrogens is 392 g/mol. The molecule has 2 aromatic heterocycles. The summed E-state index contributed by atoms with van der Waals surface area (Å²) in [7, 11) is 1.69. The van der Waals surface area contributed by atoms with Crippen molar-refractivity contribution in [1.82, 2.24) is 9.47 Å². The highest BCUT2D eigenvalue weighted by Gasteiger charge is 2.51. The van der Waals surface area contributed by atoms with Crippen molar-refractivity contribution in [3.8, 4) is 5.75 Å². The molecule has 1 aliphatic carbocycles. The van der Waals surface area contributed by atoms with Gasteiger partial charge in [0.05, 0.1) is 7.11 Å². The SMILES string of the molecule is COc1cccc(Cn2c(C(=O)N3C[C@@]4(C)C[C@H]3CC(C)(C)C4)cc3ccsc32)c1. The smallest absolute Gasteiger partial charge is 0.270 e. The molecule has 3 aromatic rings. The van der Waals surface area contributed by atoms with Crippen LogP contribution in [0, 0.1) is 10.8 Å². The van der Waals surface area contributed by atoms with Crippen molar-refractivity contribution in [3.05, 3.63) is 53.0 Å². The number of ether oxygens (including phenoxy) is 1. The zero-order chi connectivity index (χ0) is 21.1. The van der Waals surface area contributed by atoms with Crippen LogP contribution in [0.3, 0.4) is 0 Å². The average Bonchev–Trinajstić information content (AvgIpc) is 3.33. The molecule has 0 N–H and O–H groups in total. The van der Waals surface area contributed by atoms with Crippen LogP contribution >= 0.6 is 11.3 Å². The Morgan fingerprint density at radius 2 is 2.03 bits per heavy atom. The van der Waals surface area contributed by atoms with Gasteiger partial charge in [0, 0.05) is 24.5 Å². The van der Waals surface area contributed by atoms with Crippen molar-refractivity contribution in [3.63, 3.8) is 0 Å². The molecule has 5 heteroatoms. The lowest BCUT2D eigenvalue weighted by Crippen LogP contribution is -2.38. The summed E-state index contributed by atoms with van der Waals surface area (Å²) in [5.74, 6) is 1.03. The van der Waals surface area contributed by atoms with Crippen LogP contribution in [0.4, 0.5) is 0 Å². The Morgan fingerprint density at radius 3 is 2.83 bits per heavy atom. The molecule has 4 nitrogen and oxygen atoms in total. The number of carbonyl (C=O) groups excluding carboxylic acids is 1. The number of thiophene rings is 1. The summed E-state index contributed by atoms with van der Waals surface area (Å²) in [4.78, 5) is 17.2. The first-order valence-electron chi connectivity index (χ1n) is 10.8. The largest absolute Gasteiger partial charge is 0.497 e. The molecular formula is C25H30N2O2S. The quantitative estimate of drug-likeness (QED) is 0.532. The van der Waals surface area contributed by atoms with Gasteiger partial charge in [-0.25, -0.2) is 0 Å². The van der Waals surface area contributed by atoms with Crippen molar-refractivity contribution in [2.24, 2.45) is 10.8 Å². The van der Waals surface area contributed by atoms with Crippen LogP contribution in [0.1, 0.15) is 56.1 Å². The molecule has 5 rings (SSSR count). The lowest BCUT2D eigenvalue weighted by molar-refractivity contribution is 0.0698. The molecule has 2 aliphatic rings. The first kappa shape index (κ1) is 19.7. The number of rotatable bonds is 4. The summed E-state index contributed by atoms with van der Waals surface area (Å²) < 4.78 is 7.60. The Morgan fingerprint density at radius 1 is 1.20 bits per heavy atom. The number of aromatic nitrogens is 1. The zero-order valence-electron chi connectivity index (χ0n) is 18.3. The van der Waals surface area contributed by atoms with E-state index in [1.54, 1.807) is 18.4 Å². The Hall–Kier alpha value is -2.27. The van der Waals surface area contributed by atoms with Crippen LogP contribution in [0.2, 0.25) is 0 Å². The zero-order valence-corrected chi connectivity index (χ0v) is 19.1. The lowest BCUT2D eigenvalue weighted by Gasteiger charge is -2.39. The third kappa shape index (κ3) is 3.33. The second-order valence-electron chi connectivity index (χ2n) is 10.3. The van der Waals surface area contributed by atoms with Gasteiger partial charge in [0.2, 0.25) is 0 Å². The van der Waals surface area contributed by atoms with E-state index >= 15 is 0 Å². The lowest BCUT2D eigenvalue weighted by atomic mass is 9.65. The van der Waals surface area contributed by atoms with Gasteiger partial charge in [-0.15, -0.1) is 11.3 Å². The summed E-state index contributed by atoms with van der Waals surface area (Å²) in [6.45, 7) is 8.61. The average molecular weight is 423 g/mol. The molecule has 0 unspecified atom stereocenters. The number of benzene rings is 1. The number of hydrogen-bond donors (Lipinski definition) is 0. The minimum absolute atomic E-state index is 0.188. The molecule has 1 saturated heterocycles. The third-order valence-corrected chi connectivity index (χ3v) is 7.82. The minimum Gasteiger partial charge on any atom is -0.497 e. The molecule has 1 aromatic carbocycles. The summed E-state index contributed by atoms with van der Waals surface area (Å²) in [6.07, 6.45) is 3.42. The van der Waals surface area contributed by atoms with Crippen LogP contribution in [-0.4, -0.2) is 35.1 Å². The van der Waals surface area contributed by atoms with E-state index in [1.807, 2.05) is 12.1 Å². The topological polar surface area (TPSA) is 34.5 Å². The Balaban J connectivity index is 1.51. The van der Waals surface area contributed by atoms with E-state index in [0.29, 0.717) is 18.0 Å². The Bertz CT molecular complexity index is 1110. The van der Waals surface area contributed by atoms with Gasteiger partial charge in [-0.1, -0.05) is 32.9 Å². The predicted octanol–water partition coefficient (Wildman–Crippen LogP) is 5.80. The molecule has 3 heterocycles. The molecule has 2 bridgehead atoms. The minimum atomic E-state index is 0.188. The van der Waals surface area contributed by atoms with Gasteiger partial charge in [0.15, 0.2) is 0 Å². The van der Waals surface area contributed by atoms with E-state index in [1.165, 1.54) is 6.42 Å². The van der Waals surface area contributed by atoms with Gasteiger partial charge in [-0.2, -0.15) is 0 Å². The van der Waals surface area contributed by atoms with Gasteiger partial charge >= 0.3 is 0 Å². The van der Waals surface area contributed by atoms with Gasteiger partial charge in [-0.3, -0.25) is 4.79 Å². The summed E-state index contributed by atoms with van der Waals surface area (Å²) in [6, 6.07) is 12.7. The number of methoxy groups -OCH3 is 1. The molecule has 30 heavy (non-hydrogen) atoms. The number of nitrogens with zero attached hydrogens (tertiary/aromatic N) is 2. The van der Waals surface area contributed by atoms with Crippen LogP contribution < -0.4 is 4.74 Å². The van der Waals surface area contributed by atoms with Crippen molar-refractivity contribution < 1.29 is 9.53 Å². The van der Waals surface area contributed by atoms with E-state index < -0.39 is 0 Å². The molecule has 0 radical (unpaired) electrons.